The monoisotopic (exact) mass is 315 g/mol. The summed E-state index contributed by atoms with van der Waals surface area (Å²) >= 11 is 0. The maximum absolute atomic E-state index is 12.6. The molecule has 2 N–H and O–H groups in total. The molecular formula is C14H16F3N3O2. The average Bonchev–Trinajstić information content (AvgIpc) is 2.45. The van der Waals surface area contributed by atoms with Crippen LogP contribution in [0.15, 0.2) is 18.2 Å². The van der Waals surface area contributed by atoms with Gasteiger partial charge in [-0.3, -0.25) is 10.1 Å². The normalized spacial score (nSPS) is 11.2. The van der Waals surface area contributed by atoms with Crippen molar-refractivity contribution >= 4 is 17.6 Å². The van der Waals surface area contributed by atoms with Gasteiger partial charge in [0.15, 0.2) is 0 Å². The van der Waals surface area contributed by atoms with Crippen molar-refractivity contribution in [2.24, 2.45) is 0 Å². The number of nitro groups is 1. The molecule has 0 unspecified atom stereocenters. The molecule has 0 aliphatic carbocycles. The van der Waals surface area contributed by atoms with Gasteiger partial charge in [0.1, 0.15) is 0 Å². The highest BCUT2D eigenvalue weighted by molar-refractivity contribution is 6.01. The minimum Gasteiger partial charge on any atom is -0.313 e. The first-order chi connectivity index (χ1) is 10.3. The van der Waals surface area contributed by atoms with Crippen LogP contribution in [-0.4, -0.2) is 16.8 Å². The first kappa shape index (κ1) is 17.8. The second-order valence-corrected chi connectivity index (χ2v) is 4.77. The van der Waals surface area contributed by atoms with Crippen molar-refractivity contribution in [2.45, 2.75) is 38.3 Å². The first-order valence-electron chi connectivity index (χ1n) is 6.69. The summed E-state index contributed by atoms with van der Waals surface area (Å²) in [5.41, 5.74) is -1.92. The van der Waals surface area contributed by atoms with E-state index in [-0.39, 0.29) is 17.7 Å². The molecule has 1 aromatic carbocycles. The summed E-state index contributed by atoms with van der Waals surface area (Å²) in [6, 6.07) is 2.21. The highest BCUT2D eigenvalue weighted by atomic mass is 19.4. The van der Waals surface area contributed by atoms with Crippen molar-refractivity contribution < 1.29 is 18.1 Å². The molecule has 0 saturated heterocycles. The molecule has 22 heavy (non-hydrogen) atoms. The van der Waals surface area contributed by atoms with Crippen LogP contribution in [0.1, 0.15) is 43.2 Å². The number of hydrogen-bond acceptors (Lipinski definition) is 4. The Morgan fingerprint density at radius 3 is 2.50 bits per heavy atom. The molecular weight excluding hydrogens is 299 g/mol. The highest BCUT2D eigenvalue weighted by Crippen LogP contribution is 2.33. The van der Waals surface area contributed by atoms with Crippen LogP contribution >= 0.6 is 0 Å². The molecule has 0 saturated carbocycles. The van der Waals surface area contributed by atoms with Crippen molar-refractivity contribution in [1.82, 2.24) is 0 Å². The number of alkyl halides is 3. The molecule has 0 radical (unpaired) electrons. The molecule has 5 nitrogen and oxygen atoms in total. The van der Waals surface area contributed by atoms with Gasteiger partial charge >= 0.3 is 6.18 Å². The van der Waals surface area contributed by atoms with E-state index < -0.39 is 22.4 Å². The van der Waals surface area contributed by atoms with E-state index >= 15 is 0 Å². The second kappa shape index (κ2) is 7.67. The molecule has 0 bridgehead atoms. The molecule has 1 rings (SSSR count). The fraction of sp³-hybridized carbons (Fsp3) is 0.429. The van der Waals surface area contributed by atoms with Gasteiger partial charge in [-0.05, 0) is 44.0 Å². The van der Waals surface area contributed by atoms with E-state index in [0.29, 0.717) is 18.9 Å². The Balaban J connectivity index is 2.87. The zero-order chi connectivity index (χ0) is 16.8. The minimum atomic E-state index is -4.65. The predicted molar refractivity (Wildman–Crippen MR) is 76.8 cm³/mol. The Bertz CT molecular complexity index is 571. The fourth-order valence-electron chi connectivity index (χ4n) is 1.97. The molecule has 0 aliphatic rings. The molecule has 0 spiro atoms. The van der Waals surface area contributed by atoms with Crippen LogP contribution in [0.2, 0.25) is 0 Å². The third-order valence-corrected chi connectivity index (χ3v) is 3.12. The Labute approximate surface area is 125 Å². The number of benzene rings is 1. The van der Waals surface area contributed by atoms with Crippen LogP contribution in [0.4, 0.5) is 18.9 Å². The minimum absolute atomic E-state index is 0.0460. The van der Waals surface area contributed by atoms with Gasteiger partial charge in [-0.2, -0.15) is 13.2 Å². The summed E-state index contributed by atoms with van der Waals surface area (Å²) in [6.07, 6.45) is -0.342. The van der Waals surface area contributed by atoms with Crippen molar-refractivity contribution in [2.75, 3.05) is 0 Å². The topological polar surface area (TPSA) is 90.8 Å². The second-order valence-electron chi connectivity index (χ2n) is 4.77. The van der Waals surface area contributed by atoms with Gasteiger partial charge in [0, 0.05) is 11.8 Å². The maximum Gasteiger partial charge on any atom is 0.416 e. The molecule has 0 atom stereocenters. The van der Waals surface area contributed by atoms with E-state index in [1.54, 1.807) is 0 Å². The number of nitro benzene ring substituents is 1. The van der Waals surface area contributed by atoms with Gasteiger partial charge in [-0.15, -0.1) is 0 Å². The van der Waals surface area contributed by atoms with Gasteiger partial charge in [0.05, 0.1) is 16.1 Å². The standard InChI is InChI=1S/C14H16F3N3O2/c15-14(16,17)10-6-7-11(13(9-10)20(21)22)12(19)5-3-1-2-4-8-18/h6-9,18-19H,1-5H2. The lowest BCUT2D eigenvalue weighted by atomic mass is 10.00. The molecule has 0 heterocycles. The lowest BCUT2D eigenvalue weighted by Gasteiger charge is -2.09. The van der Waals surface area contributed by atoms with E-state index in [1.165, 1.54) is 6.21 Å². The number of halogens is 3. The smallest absolute Gasteiger partial charge is 0.313 e. The Morgan fingerprint density at radius 2 is 1.95 bits per heavy atom. The van der Waals surface area contributed by atoms with Gasteiger partial charge in [0.25, 0.3) is 5.69 Å². The van der Waals surface area contributed by atoms with Crippen LogP contribution in [0.3, 0.4) is 0 Å². The fourth-order valence-corrected chi connectivity index (χ4v) is 1.97. The number of nitrogens with zero attached hydrogens (tertiary/aromatic N) is 1. The van der Waals surface area contributed by atoms with E-state index in [0.717, 1.165) is 25.0 Å². The van der Waals surface area contributed by atoms with E-state index in [4.69, 9.17) is 10.8 Å². The lowest BCUT2D eigenvalue weighted by Crippen LogP contribution is -2.09. The van der Waals surface area contributed by atoms with Crippen LogP contribution in [0, 0.1) is 20.9 Å². The summed E-state index contributed by atoms with van der Waals surface area (Å²) in [5.74, 6) is 0. The van der Waals surface area contributed by atoms with E-state index in [9.17, 15) is 23.3 Å². The van der Waals surface area contributed by atoms with Gasteiger partial charge in [0.2, 0.25) is 0 Å². The Hall–Kier alpha value is -2.25. The molecule has 1 aromatic rings. The SMILES string of the molecule is N=CCCCCCC(=N)c1ccc(C(F)(F)F)cc1[N+](=O)[O-]. The van der Waals surface area contributed by atoms with Crippen LogP contribution in [0.5, 0.6) is 0 Å². The summed E-state index contributed by atoms with van der Waals surface area (Å²) in [6.45, 7) is 0. The quantitative estimate of drug-likeness (QED) is 0.318. The van der Waals surface area contributed by atoms with Gasteiger partial charge in [-0.1, -0.05) is 6.42 Å². The maximum atomic E-state index is 12.6. The van der Waals surface area contributed by atoms with Crippen molar-refractivity contribution in [3.63, 3.8) is 0 Å². The van der Waals surface area contributed by atoms with Gasteiger partial charge < -0.3 is 10.8 Å². The van der Waals surface area contributed by atoms with E-state index in [2.05, 4.69) is 0 Å². The number of rotatable bonds is 8. The number of hydrogen-bond donors (Lipinski definition) is 2. The zero-order valence-electron chi connectivity index (χ0n) is 11.7. The van der Waals surface area contributed by atoms with Crippen molar-refractivity contribution in [3.05, 3.63) is 39.4 Å². The van der Waals surface area contributed by atoms with Gasteiger partial charge in [-0.25, -0.2) is 0 Å². The lowest BCUT2D eigenvalue weighted by molar-refractivity contribution is -0.385. The molecule has 8 heteroatoms. The van der Waals surface area contributed by atoms with Crippen LogP contribution < -0.4 is 0 Å². The third-order valence-electron chi connectivity index (χ3n) is 3.12. The number of nitrogens with one attached hydrogen (secondary N) is 2. The molecule has 0 aromatic heterocycles. The molecule has 120 valence electrons. The predicted octanol–water partition coefficient (Wildman–Crippen LogP) is 4.58. The summed E-state index contributed by atoms with van der Waals surface area (Å²) in [7, 11) is 0. The third kappa shape index (κ3) is 4.94. The van der Waals surface area contributed by atoms with Crippen molar-refractivity contribution in [1.29, 1.82) is 10.8 Å². The van der Waals surface area contributed by atoms with Crippen LogP contribution in [-0.2, 0) is 6.18 Å². The summed E-state index contributed by atoms with van der Waals surface area (Å²) in [4.78, 5) is 10.0. The Kier molecular flexibility index (Phi) is 6.21. The molecule has 0 aliphatic heterocycles. The average molecular weight is 315 g/mol. The van der Waals surface area contributed by atoms with E-state index in [1.807, 2.05) is 0 Å². The van der Waals surface area contributed by atoms with Crippen LogP contribution in [0.25, 0.3) is 0 Å². The molecule has 0 fully saturated rings. The Morgan fingerprint density at radius 1 is 1.27 bits per heavy atom. The first-order valence-corrected chi connectivity index (χ1v) is 6.69. The van der Waals surface area contributed by atoms with Crippen molar-refractivity contribution in [3.8, 4) is 0 Å². The number of unbranched alkanes of at least 4 members (excludes halogenated alkanes) is 3. The highest BCUT2D eigenvalue weighted by Gasteiger charge is 2.33. The summed E-state index contributed by atoms with van der Waals surface area (Å²) < 4.78 is 37.8. The zero-order valence-corrected chi connectivity index (χ0v) is 11.7. The largest absolute Gasteiger partial charge is 0.416 e. The summed E-state index contributed by atoms with van der Waals surface area (Å²) in [5, 5.41) is 25.6. The molecule has 0 amide bonds.